The first kappa shape index (κ1) is 25.2. The van der Waals surface area contributed by atoms with Crippen LogP contribution < -0.4 is 15.4 Å². The fourth-order valence-electron chi connectivity index (χ4n) is 2.06. The summed E-state index contributed by atoms with van der Waals surface area (Å²) in [6.45, 7) is 4.30. The number of nitrogens with zero attached hydrogens (tertiary/aromatic N) is 1. The molecule has 0 aliphatic heterocycles. The Balaban J connectivity index is 0. The van der Waals surface area contributed by atoms with Gasteiger partial charge < -0.3 is 10.6 Å². The predicted molar refractivity (Wildman–Crippen MR) is 110 cm³/mol. The van der Waals surface area contributed by atoms with Gasteiger partial charge in [-0.15, -0.1) is 24.0 Å². The first-order chi connectivity index (χ1) is 10.5. The van der Waals surface area contributed by atoms with Crippen LogP contribution in [0, 0.1) is 0 Å². The maximum Gasteiger partial charge on any atom is 0.208 e. The molecule has 0 atom stereocenters. The van der Waals surface area contributed by atoms with Gasteiger partial charge in [0, 0.05) is 26.7 Å². The van der Waals surface area contributed by atoms with E-state index in [0.29, 0.717) is 13.1 Å². The molecule has 0 heterocycles. The fraction of sp³-hybridized carbons (Fsp3) is 0.933. The number of guanidine groups is 1. The molecule has 0 amide bonds. The van der Waals surface area contributed by atoms with Crippen LogP contribution in [0.4, 0.5) is 0 Å². The molecule has 0 unspecified atom stereocenters. The SMILES string of the molecule is CCCCCCCCCNC(=NC)NCCCNS(C)(=O)=O.I. The molecule has 0 rings (SSSR count). The quantitative estimate of drug-likeness (QED) is 0.170. The van der Waals surface area contributed by atoms with Crippen molar-refractivity contribution in [3.8, 4) is 0 Å². The molecule has 0 bridgehead atoms. The third kappa shape index (κ3) is 19.9. The van der Waals surface area contributed by atoms with Crippen LogP contribution in [0.25, 0.3) is 0 Å². The van der Waals surface area contributed by atoms with Crippen LogP contribution in [0.5, 0.6) is 0 Å². The van der Waals surface area contributed by atoms with Gasteiger partial charge in [-0.3, -0.25) is 4.99 Å². The molecule has 0 spiro atoms. The predicted octanol–water partition coefficient (Wildman–Crippen LogP) is 2.46. The van der Waals surface area contributed by atoms with Gasteiger partial charge in [0.15, 0.2) is 5.96 Å². The van der Waals surface area contributed by atoms with Crippen molar-refractivity contribution in [1.82, 2.24) is 15.4 Å². The molecule has 6 nitrogen and oxygen atoms in total. The van der Waals surface area contributed by atoms with E-state index in [-0.39, 0.29) is 24.0 Å². The van der Waals surface area contributed by atoms with Crippen LogP contribution in [0.1, 0.15) is 58.3 Å². The third-order valence-corrected chi connectivity index (χ3v) is 4.04. The molecular formula is C15H35IN4O2S. The highest BCUT2D eigenvalue weighted by atomic mass is 127. The second-order valence-corrected chi connectivity index (χ2v) is 7.40. The van der Waals surface area contributed by atoms with Gasteiger partial charge >= 0.3 is 0 Å². The molecule has 3 N–H and O–H groups in total. The van der Waals surface area contributed by atoms with Crippen molar-refractivity contribution in [3.05, 3.63) is 0 Å². The summed E-state index contributed by atoms with van der Waals surface area (Å²) in [6, 6.07) is 0. The van der Waals surface area contributed by atoms with E-state index in [0.717, 1.165) is 25.3 Å². The number of hydrogen-bond acceptors (Lipinski definition) is 3. The van der Waals surface area contributed by atoms with Crippen LogP contribution in [-0.2, 0) is 10.0 Å². The third-order valence-electron chi connectivity index (χ3n) is 3.31. The van der Waals surface area contributed by atoms with E-state index < -0.39 is 10.0 Å². The summed E-state index contributed by atoms with van der Waals surface area (Å²) in [5, 5.41) is 6.46. The van der Waals surface area contributed by atoms with Crippen LogP contribution in [-0.4, -0.2) is 47.3 Å². The molecule has 0 aromatic carbocycles. The summed E-state index contributed by atoms with van der Waals surface area (Å²) in [6.07, 6.45) is 11.0. The molecule has 0 fully saturated rings. The van der Waals surface area contributed by atoms with E-state index in [9.17, 15) is 8.42 Å². The Bertz CT molecular complexity index is 389. The molecule has 0 radical (unpaired) electrons. The summed E-state index contributed by atoms with van der Waals surface area (Å²) in [4.78, 5) is 4.15. The van der Waals surface area contributed by atoms with Crippen LogP contribution in [0.2, 0.25) is 0 Å². The highest BCUT2D eigenvalue weighted by Crippen LogP contribution is 2.06. The van der Waals surface area contributed by atoms with Gasteiger partial charge in [-0.25, -0.2) is 13.1 Å². The van der Waals surface area contributed by atoms with E-state index in [2.05, 4.69) is 27.3 Å². The zero-order chi connectivity index (χ0) is 16.7. The molecule has 0 saturated heterocycles. The fourth-order valence-corrected chi connectivity index (χ4v) is 2.58. The van der Waals surface area contributed by atoms with Gasteiger partial charge in [-0.2, -0.15) is 0 Å². The van der Waals surface area contributed by atoms with E-state index in [1.165, 1.54) is 44.8 Å². The highest BCUT2D eigenvalue weighted by molar-refractivity contribution is 14.0. The zero-order valence-corrected chi connectivity index (χ0v) is 18.0. The molecule has 0 aromatic heterocycles. The number of nitrogens with one attached hydrogen (secondary N) is 3. The lowest BCUT2D eigenvalue weighted by atomic mass is 10.1. The van der Waals surface area contributed by atoms with Crippen LogP contribution in [0.3, 0.4) is 0 Å². The van der Waals surface area contributed by atoms with Crippen molar-refractivity contribution in [2.75, 3.05) is 32.9 Å². The van der Waals surface area contributed by atoms with E-state index in [1.807, 2.05) is 0 Å². The maximum absolute atomic E-state index is 10.9. The Hall–Kier alpha value is -0.0900. The number of rotatable bonds is 13. The van der Waals surface area contributed by atoms with Gasteiger partial charge in [0.05, 0.1) is 6.26 Å². The first-order valence-electron chi connectivity index (χ1n) is 8.38. The van der Waals surface area contributed by atoms with Crippen molar-refractivity contribution in [3.63, 3.8) is 0 Å². The molecule has 0 aromatic rings. The van der Waals surface area contributed by atoms with E-state index in [4.69, 9.17) is 0 Å². The summed E-state index contributed by atoms with van der Waals surface area (Å²) in [5.41, 5.74) is 0. The monoisotopic (exact) mass is 462 g/mol. The lowest BCUT2D eigenvalue weighted by Gasteiger charge is -2.11. The number of hydrogen-bond donors (Lipinski definition) is 3. The van der Waals surface area contributed by atoms with Crippen molar-refractivity contribution >= 4 is 40.0 Å². The molecule has 0 aliphatic rings. The lowest BCUT2D eigenvalue weighted by molar-refractivity contribution is 0.581. The Morgan fingerprint density at radius 1 is 0.870 bits per heavy atom. The van der Waals surface area contributed by atoms with Crippen molar-refractivity contribution in [2.24, 2.45) is 4.99 Å². The molecular weight excluding hydrogens is 427 g/mol. The largest absolute Gasteiger partial charge is 0.356 e. The minimum Gasteiger partial charge on any atom is -0.356 e. The van der Waals surface area contributed by atoms with Crippen LogP contribution in [0.15, 0.2) is 4.99 Å². The number of halogens is 1. The number of unbranched alkanes of at least 4 members (excludes halogenated alkanes) is 6. The van der Waals surface area contributed by atoms with Gasteiger partial charge in [0.1, 0.15) is 0 Å². The molecule has 0 saturated carbocycles. The molecule has 8 heteroatoms. The van der Waals surface area contributed by atoms with Crippen molar-refractivity contribution in [1.29, 1.82) is 0 Å². The molecule has 23 heavy (non-hydrogen) atoms. The standard InChI is InChI=1S/C15H34N4O2S.HI/c1-4-5-6-7-8-9-10-12-17-15(16-2)18-13-11-14-19-22(3,20)21;/h19H,4-14H2,1-3H3,(H2,16,17,18);1H. The number of sulfonamides is 1. The molecule has 0 aliphatic carbocycles. The minimum absolute atomic E-state index is 0. The summed E-state index contributed by atoms with van der Waals surface area (Å²) in [7, 11) is -1.34. The van der Waals surface area contributed by atoms with Crippen molar-refractivity contribution < 1.29 is 8.42 Å². The normalized spacial score (nSPS) is 11.9. The Morgan fingerprint density at radius 3 is 1.91 bits per heavy atom. The lowest BCUT2D eigenvalue weighted by Crippen LogP contribution is -2.39. The van der Waals surface area contributed by atoms with E-state index >= 15 is 0 Å². The van der Waals surface area contributed by atoms with Gasteiger partial charge in [-0.05, 0) is 12.8 Å². The first-order valence-corrected chi connectivity index (χ1v) is 10.3. The van der Waals surface area contributed by atoms with Crippen LogP contribution >= 0.6 is 24.0 Å². The Morgan fingerprint density at radius 2 is 1.39 bits per heavy atom. The topological polar surface area (TPSA) is 82.6 Å². The van der Waals surface area contributed by atoms with Gasteiger partial charge in [0.25, 0.3) is 0 Å². The average molecular weight is 462 g/mol. The Labute approximate surface area is 159 Å². The van der Waals surface area contributed by atoms with E-state index in [1.54, 1.807) is 7.05 Å². The highest BCUT2D eigenvalue weighted by Gasteiger charge is 2.00. The summed E-state index contributed by atoms with van der Waals surface area (Å²) < 4.78 is 24.3. The zero-order valence-electron chi connectivity index (χ0n) is 14.9. The summed E-state index contributed by atoms with van der Waals surface area (Å²) in [5.74, 6) is 0.783. The second-order valence-electron chi connectivity index (χ2n) is 5.57. The van der Waals surface area contributed by atoms with Crippen molar-refractivity contribution in [2.45, 2.75) is 58.3 Å². The van der Waals surface area contributed by atoms with Gasteiger partial charge in [-0.1, -0.05) is 45.4 Å². The summed E-state index contributed by atoms with van der Waals surface area (Å²) >= 11 is 0. The smallest absolute Gasteiger partial charge is 0.208 e. The second kappa shape index (κ2) is 16.8. The van der Waals surface area contributed by atoms with Gasteiger partial charge in [0.2, 0.25) is 10.0 Å². The maximum atomic E-state index is 10.9. The Kier molecular flexibility index (Phi) is 18.3. The number of aliphatic imine (C=N–C) groups is 1. The molecule has 140 valence electrons. The minimum atomic E-state index is -3.08. The average Bonchev–Trinajstić information content (AvgIpc) is 2.46.